The van der Waals surface area contributed by atoms with Crippen molar-refractivity contribution in [2.45, 2.75) is 6.42 Å². The van der Waals surface area contributed by atoms with Gasteiger partial charge in [0.2, 0.25) is 5.91 Å². The van der Waals surface area contributed by atoms with E-state index in [-0.39, 0.29) is 29.7 Å². The summed E-state index contributed by atoms with van der Waals surface area (Å²) >= 11 is 1.31. The largest absolute Gasteiger partial charge is 0.338 e. The number of imidazole rings is 1. The van der Waals surface area contributed by atoms with Crippen LogP contribution in [0.15, 0.2) is 41.8 Å². The number of hydrogen-bond acceptors (Lipinski definition) is 5. The van der Waals surface area contributed by atoms with Crippen LogP contribution in [-0.4, -0.2) is 40.0 Å². The summed E-state index contributed by atoms with van der Waals surface area (Å²) in [5.74, 6) is -1.23. The van der Waals surface area contributed by atoms with Gasteiger partial charge < -0.3 is 15.6 Å². The number of rotatable bonds is 5. The van der Waals surface area contributed by atoms with E-state index in [4.69, 9.17) is 0 Å². The van der Waals surface area contributed by atoms with E-state index < -0.39 is 11.6 Å². The first-order chi connectivity index (χ1) is 15.5. The number of carbonyl (C=O) groups excluding carboxylic acids is 2. The highest BCUT2D eigenvalue weighted by atomic mass is 32.1. The Bertz CT molecular complexity index is 1350. The predicted molar refractivity (Wildman–Crippen MR) is 117 cm³/mol. The van der Waals surface area contributed by atoms with E-state index in [9.17, 15) is 18.4 Å². The summed E-state index contributed by atoms with van der Waals surface area (Å²) in [7, 11) is 0. The topological polar surface area (TPSA) is 103 Å². The molecule has 2 aromatic heterocycles. The molecule has 3 heterocycles. The maximum Gasteiger partial charge on any atom is 0.323 e. The fraction of sp³-hybridized carbons (Fsp3) is 0.143. The first-order valence-electron chi connectivity index (χ1n) is 9.71. The normalized spacial score (nSPS) is 13.6. The fourth-order valence-electron chi connectivity index (χ4n) is 3.42. The van der Waals surface area contributed by atoms with Crippen molar-refractivity contribution >= 4 is 45.1 Å². The number of fused-ring (bicyclic) bond motifs is 1. The molecule has 4 aromatic rings. The van der Waals surface area contributed by atoms with Gasteiger partial charge in [-0.25, -0.2) is 23.5 Å². The second-order valence-electron chi connectivity index (χ2n) is 7.17. The van der Waals surface area contributed by atoms with Crippen molar-refractivity contribution in [3.05, 3.63) is 59.1 Å². The van der Waals surface area contributed by atoms with Gasteiger partial charge in [0, 0.05) is 24.2 Å². The number of hydrogen-bond donors (Lipinski definition) is 3. The van der Waals surface area contributed by atoms with E-state index in [1.165, 1.54) is 16.2 Å². The zero-order chi connectivity index (χ0) is 22.2. The van der Waals surface area contributed by atoms with Crippen LogP contribution in [0.25, 0.3) is 22.4 Å². The number of nitrogens with one attached hydrogen (secondary N) is 3. The highest BCUT2D eigenvalue weighted by molar-refractivity contribution is 7.14. The fourth-order valence-corrected chi connectivity index (χ4v) is 4.27. The Morgan fingerprint density at radius 3 is 2.88 bits per heavy atom. The standard InChI is InChI=1S/C21H16F2N6O2S/c22-11-1-3-15(23)14(7-11)19-27-16-4-2-12(8-17(16)28-19)25-18(30)9-13-10-32-21(26-13)29-6-5-24-20(29)31/h1-4,7-8,10H,5-6,9H2,(H,24,31)(H,25,30)(H,27,28). The number of H-pyrrole nitrogens is 1. The molecule has 0 spiro atoms. The van der Waals surface area contributed by atoms with Crippen LogP contribution in [0, 0.1) is 11.6 Å². The molecule has 1 fully saturated rings. The van der Waals surface area contributed by atoms with Crippen LogP contribution in [-0.2, 0) is 11.2 Å². The van der Waals surface area contributed by atoms with Crippen LogP contribution in [0.1, 0.15) is 5.69 Å². The third-order valence-corrected chi connectivity index (χ3v) is 5.83. The van der Waals surface area contributed by atoms with Gasteiger partial charge in [0.1, 0.15) is 17.5 Å². The summed E-state index contributed by atoms with van der Waals surface area (Å²) in [5, 5.41) is 7.80. The second-order valence-corrected chi connectivity index (χ2v) is 8.01. The molecule has 0 atom stereocenters. The average Bonchev–Trinajstić information content (AvgIpc) is 3.49. The van der Waals surface area contributed by atoms with E-state index in [0.717, 1.165) is 18.2 Å². The van der Waals surface area contributed by atoms with Gasteiger partial charge in [-0.2, -0.15) is 0 Å². The van der Waals surface area contributed by atoms with Crippen molar-refractivity contribution in [1.29, 1.82) is 0 Å². The quantitative estimate of drug-likeness (QED) is 0.428. The molecule has 11 heteroatoms. The number of benzene rings is 2. The first-order valence-corrected chi connectivity index (χ1v) is 10.6. The lowest BCUT2D eigenvalue weighted by Gasteiger charge is -2.08. The second kappa shape index (κ2) is 8.00. The maximum atomic E-state index is 14.1. The summed E-state index contributed by atoms with van der Waals surface area (Å²) < 4.78 is 27.6. The van der Waals surface area contributed by atoms with Crippen LogP contribution >= 0.6 is 11.3 Å². The molecule has 0 saturated carbocycles. The van der Waals surface area contributed by atoms with Gasteiger partial charge in [0.25, 0.3) is 0 Å². The Morgan fingerprint density at radius 2 is 2.06 bits per heavy atom. The summed E-state index contributed by atoms with van der Waals surface area (Å²) in [6, 6.07) is 7.99. The molecule has 8 nitrogen and oxygen atoms in total. The molecule has 0 unspecified atom stereocenters. The minimum absolute atomic E-state index is 0.0257. The van der Waals surface area contributed by atoms with Crippen molar-refractivity contribution in [3.63, 3.8) is 0 Å². The number of amides is 3. The Hall–Kier alpha value is -3.86. The van der Waals surface area contributed by atoms with Gasteiger partial charge in [-0.05, 0) is 36.4 Å². The van der Waals surface area contributed by atoms with Crippen molar-refractivity contribution in [2.75, 3.05) is 23.3 Å². The average molecular weight is 454 g/mol. The zero-order valence-corrected chi connectivity index (χ0v) is 17.3. The number of aromatic nitrogens is 3. The minimum Gasteiger partial charge on any atom is -0.338 e. The summed E-state index contributed by atoms with van der Waals surface area (Å²) in [6.45, 7) is 1.11. The highest BCUT2D eigenvalue weighted by Crippen LogP contribution is 2.26. The molecule has 3 amide bonds. The lowest BCUT2D eigenvalue weighted by molar-refractivity contribution is -0.115. The van der Waals surface area contributed by atoms with Gasteiger partial charge in [-0.1, -0.05) is 0 Å². The van der Waals surface area contributed by atoms with Crippen LogP contribution in [0.3, 0.4) is 0 Å². The van der Waals surface area contributed by atoms with Crippen molar-refractivity contribution in [2.24, 2.45) is 0 Å². The van der Waals surface area contributed by atoms with E-state index in [2.05, 4.69) is 25.6 Å². The Labute approximate surface area is 184 Å². The number of anilines is 2. The molecule has 0 radical (unpaired) electrons. The predicted octanol–water partition coefficient (Wildman–Crippen LogP) is 3.68. The number of thiazole rings is 1. The summed E-state index contributed by atoms with van der Waals surface area (Å²) in [6.07, 6.45) is 0.0483. The summed E-state index contributed by atoms with van der Waals surface area (Å²) in [5.41, 5.74) is 2.23. The Balaban J connectivity index is 1.30. The smallest absolute Gasteiger partial charge is 0.323 e. The Kier molecular flexibility index (Phi) is 5.02. The number of halogens is 2. The van der Waals surface area contributed by atoms with Gasteiger partial charge in [-0.3, -0.25) is 9.69 Å². The molecular weight excluding hydrogens is 438 g/mol. The first kappa shape index (κ1) is 20.1. The molecule has 0 aliphatic carbocycles. The lowest BCUT2D eigenvalue weighted by Crippen LogP contribution is -2.27. The molecular formula is C21H16F2N6O2S. The molecule has 1 aliphatic heterocycles. The van der Waals surface area contributed by atoms with Crippen LogP contribution in [0.2, 0.25) is 0 Å². The Morgan fingerprint density at radius 1 is 1.19 bits per heavy atom. The molecule has 0 bridgehead atoms. The van der Waals surface area contributed by atoms with Crippen molar-refractivity contribution < 1.29 is 18.4 Å². The number of aromatic amines is 1. The maximum absolute atomic E-state index is 14.1. The van der Waals surface area contributed by atoms with Gasteiger partial charge in [0.15, 0.2) is 5.13 Å². The SMILES string of the molecule is O=C(Cc1csc(N2CCNC2=O)n1)Nc1ccc2nc(-c3cc(F)ccc3F)[nH]c2c1. The number of nitrogens with zero attached hydrogens (tertiary/aromatic N) is 3. The van der Waals surface area contributed by atoms with Gasteiger partial charge in [0.05, 0.1) is 28.7 Å². The molecule has 1 saturated heterocycles. The van der Waals surface area contributed by atoms with Crippen molar-refractivity contribution in [1.82, 2.24) is 20.3 Å². The van der Waals surface area contributed by atoms with E-state index >= 15 is 0 Å². The molecule has 2 aromatic carbocycles. The molecule has 3 N–H and O–H groups in total. The lowest BCUT2D eigenvalue weighted by atomic mass is 10.2. The molecule has 162 valence electrons. The highest BCUT2D eigenvalue weighted by Gasteiger charge is 2.24. The number of urea groups is 1. The van der Waals surface area contributed by atoms with Crippen molar-refractivity contribution in [3.8, 4) is 11.4 Å². The van der Waals surface area contributed by atoms with Crippen LogP contribution < -0.4 is 15.5 Å². The third-order valence-electron chi connectivity index (χ3n) is 4.92. The zero-order valence-electron chi connectivity index (χ0n) is 16.5. The van der Waals surface area contributed by atoms with Crippen LogP contribution in [0.4, 0.5) is 24.4 Å². The van der Waals surface area contributed by atoms with E-state index in [1.54, 1.807) is 23.6 Å². The van der Waals surface area contributed by atoms with Gasteiger partial charge >= 0.3 is 6.03 Å². The molecule has 1 aliphatic rings. The number of carbonyl (C=O) groups is 2. The monoisotopic (exact) mass is 454 g/mol. The minimum atomic E-state index is -0.590. The third kappa shape index (κ3) is 3.89. The molecule has 5 rings (SSSR count). The summed E-state index contributed by atoms with van der Waals surface area (Å²) in [4.78, 5) is 37.4. The molecule has 32 heavy (non-hydrogen) atoms. The van der Waals surface area contributed by atoms with Crippen LogP contribution in [0.5, 0.6) is 0 Å². The van der Waals surface area contributed by atoms with Gasteiger partial charge in [-0.15, -0.1) is 11.3 Å². The van der Waals surface area contributed by atoms with E-state index in [1.807, 2.05) is 0 Å². The van der Waals surface area contributed by atoms with E-state index in [0.29, 0.717) is 40.6 Å².